The fourth-order valence-electron chi connectivity index (χ4n) is 1.52. The molecule has 0 N–H and O–H groups in total. The molecule has 3 nitrogen and oxygen atoms in total. The summed E-state index contributed by atoms with van der Waals surface area (Å²) >= 11 is 0. The van der Waals surface area contributed by atoms with Gasteiger partial charge in [-0.25, -0.2) is 9.79 Å². The number of nitrogens with zero attached hydrogens (tertiary/aromatic N) is 1. The van der Waals surface area contributed by atoms with Crippen LogP contribution in [-0.4, -0.2) is 11.9 Å². The Morgan fingerprint density at radius 2 is 2.00 bits per heavy atom. The molecule has 1 aliphatic heterocycles. The number of carbonyl (C=O) groups is 1. The fraction of sp³-hybridized carbons (Fsp3) is 0.231. The van der Waals surface area contributed by atoms with Gasteiger partial charge in [0, 0.05) is 6.92 Å². The quantitative estimate of drug-likeness (QED) is 0.561. The third kappa shape index (κ3) is 2.19. The van der Waals surface area contributed by atoms with E-state index < -0.39 is 0 Å². The van der Waals surface area contributed by atoms with Crippen molar-refractivity contribution in [2.75, 3.05) is 0 Å². The lowest BCUT2D eigenvalue weighted by Crippen LogP contribution is -1.99. The van der Waals surface area contributed by atoms with Gasteiger partial charge in [0.2, 0.25) is 0 Å². The SMILES string of the molecule is CCc1ccc(C=C2N=C(C)OC2=O)cc1. The molecule has 0 amide bonds. The number of hydrogen-bond acceptors (Lipinski definition) is 3. The van der Waals surface area contributed by atoms with Crippen molar-refractivity contribution >= 4 is 17.9 Å². The molecule has 82 valence electrons. The highest BCUT2D eigenvalue weighted by Gasteiger charge is 2.19. The molecule has 0 bridgehead atoms. The number of carbonyl (C=O) groups excluding carboxylic acids is 1. The minimum absolute atomic E-state index is 0.363. The average Bonchev–Trinajstić information content (AvgIpc) is 2.59. The molecule has 1 aromatic carbocycles. The van der Waals surface area contributed by atoms with E-state index in [1.807, 2.05) is 24.3 Å². The maximum absolute atomic E-state index is 11.3. The zero-order valence-corrected chi connectivity index (χ0v) is 9.36. The van der Waals surface area contributed by atoms with E-state index in [0.717, 1.165) is 12.0 Å². The van der Waals surface area contributed by atoms with Gasteiger partial charge in [-0.2, -0.15) is 0 Å². The number of rotatable bonds is 2. The normalized spacial score (nSPS) is 17.5. The first-order valence-corrected chi connectivity index (χ1v) is 5.27. The van der Waals surface area contributed by atoms with E-state index in [0.29, 0.717) is 11.6 Å². The lowest BCUT2D eigenvalue weighted by molar-refractivity contribution is -0.130. The largest absolute Gasteiger partial charge is 0.407 e. The monoisotopic (exact) mass is 215 g/mol. The Morgan fingerprint density at radius 3 is 2.50 bits per heavy atom. The minimum Gasteiger partial charge on any atom is -0.407 e. The summed E-state index contributed by atoms with van der Waals surface area (Å²) in [4.78, 5) is 15.3. The highest BCUT2D eigenvalue weighted by Crippen LogP contribution is 2.15. The topological polar surface area (TPSA) is 38.7 Å². The van der Waals surface area contributed by atoms with Gasteiger partial charge in [-0.15, -0.1) is 0 Å². The summed E-state index contributed by atoms with van der Waals surface area (Å²) in [6.45, 7) is 3.77. The maximum atomic E-state index is 11.3. The Hall–Kier alpha value is -1.90. The van der Waals surface area contributed by atoms with Crippen molar-refractivity contribution in [2.45, 2.75) is 20.3 Å². The van der Waals surface area contributed by atoms with Crippen LogP contribution in [0.4, 0.5) is 0 Å². The molecule has 0 unspecified atom stereocenters. The molecule has 0 radical (unpaired) electrons. The molecule has 16 heavy (non-hydrogen) atoms. The van der Waals surface area contributed by atoms with Crippen LogP contribution in [0.15, 0.2) is 35.0 Å². The molecule has 0 spiro atoms. The van der Waals surface area contributed by atoms with Crippen LogP contribution in [0.25, 0.3) is 6.08 Å². The van der Waals surface area contributed by atoms with Crippen molar-refractivity contribution in [3.8, 4) is 0 Å². The Balaban J connectivity index is 2.26. The van der Waals surface area contributed by atoms with Gasteiger partial charge in [-0.3, -0.25) is 0 Å². The van der Waals surface area contributed by atoms with Gasteiger partial charge in [-0.05, 0) is 23.6 Å². The first kappa shape index (κ1) is 10.6. The standard InChI is InChI=1S/C13H13NO2/c1-3-10-4-6-11(7-5-10)8-12-13(15)16-9(2)14-12/h4-8H,3H2,1-2H3. The average molecular weight is 215 g/mol. The van der Waals surface area contributed by atoms with Crippen LogP contribution in [0.5, 0.6) is 0 Å². The second kappa shape index (κ2) is 4.31. The smallest absolute Gasteiger partial charge is 0.363 e. The van der Waals surface area contributed by atoms with Crippen molar-refractivity contribution in [3.05, 3.63) is 41.1 Å². The van der Waals surface area contributed by atoms with Crippen LogP contribution < -0.4 is 0 Å². The number of esters is 1. The van der Waals surface area contributed by atoms with Gasteiger partial charge in [0.15, 0.2) is 11.6 Å². The molecular weight excluding hydrogens is 202 g/mol. The summed E-state index contributed by atoms with van der Waals surface area (Å²) < 4.78 is 4.83. The second-order valence-corrected chi connectivity index (χ2v) is 3.65. The highest BCUT2D eigenvalue weighted by atomic mass is 16.6. The minimum atomic E-state index is -0.378. The lowest BCUT2D eigenvalue weighted by atomic mass is 10.1. The summed E-state index contributed by atoms with van der Waals surface area (Å²) in [5.74, 6) is 0.0264. The van der Waals surface area contributed by atoms with E-state index in [4.69, 9.17) is 4.74 Å². The summed E-state index contributed by atoms with van der Waals surface area (Å²) in [6.07, 6.45) is 2.74. The van der Waals surface area contributed by atoms with Crippen molar-refractivity contribution in [1.29, 1.82) is 0 Å². The molecule has 0 fully saturated rings. The van der Waals surface area contributed by atoms with Crippen LogP contribution in [0.1, 0.15) is 25.0 Å². The summed E-state index contributed by atoms with van der Waals surface area (Å²) in [5.41, 5.74) is 2.60. The van der Waals surface area contributed by atoms with Crippen molar-refractivity contribution in [1.82, 2.24) is 0 Å². The molecular formula is C13H13NO2. The van der Waals surface area contributed by atoms with Crippen molar-refractivity contribution in [3.63, 3.8) is 0 Å². The number of cyclic esters (lactones) is 1. The third-order valence-corrected chi connectivity index (χ3v) is 2.42. The van der Waals surface area contributed by atoms with E-state index in [9.17, 15) is 4.79 Å². The second-order valence-electron chi connectivity index (χ2n) is 3.65. The molecule has 0 saturated heterocycles. The molecule has 2 rings (SSSR count). The molecule has 0 aliphatic carbocycles. The van der Waals surface area contributed by atoms with Gasteiger partial charge in [0.1, 0.15) is 0 Å². The van der Waals surface area contributed by atoms with Crippen molar-refractivity contribution in [2.24, 2.45) is 4.99 Å². The molecule has 1 aliphatic rings. The van der Waals surface area contributed by atoms with Crippen LogP contribution in [-0.2, 0) is 16.0 Å². The number of hydrogen-bond donors (Lipinski definition) is 0. The Labute approximate surface area is 94.5 Å². The van der Waals surface area contributed by atoms with Gasteiger partial charge < -0.3 is 4.74 Å². The van der Waals surface area contributed by atoms with Gasteiger partial charge in [0.25, 0.3) is 0 Å². The predicted octanol–water partition coefficient (Wildman–Crippen LogP) is 2.57. The number of aryl methyl sites for hydroxylation is 1. The van der Waals surface area contributed by atoms with Crippen LogP contribution in [0.3, 0.4) is 0 Å². The summed E-state index contributed by atoms with van der Waals surface area (Å²) in [6, 6.07) is 8.04. The van der Waals surface area contributed by atoms with E-state index in [1.54, 1.807) is 13.0 Å². The van der Waals surface area contributed by atoms with E-state index in [-0.39, 0.29) is 5.97 Å². The van der Waals surface area contributed by atoms with Gasteiger partial charge >= 0.3 is 5.97 Å². The zero-order valence-electron chi connectivity index (χ0n) is 9.36. The molecule has 0 atom stereocenters. The lowest BCUT2D eigenvalue weighted by Gasteiger charge is -1.97. The van der Waals surface area contributed by atoms with Gasteiger partial charge in [-0.1, -0.05) is 31.2 Å². The molecule has 0 saturated carbocycles. The number of benzene rings is 1. The highest BCUT2D eigenvalue weighted by molar-refractivity contribution is 6.06. The van der Waals surface area contributed by atoms with Crippen LogP contribution >= 0.6 is 0 Å². The molecule has 3 heteroatoms. The van der Waals surface area contributed by atoms with E-state index >= 15 is 0 Å². The van der Waals surface area contributed by atoms with Crippen LogP contribution in [0, 0.1) is 0 Å². The van der Waals surface area contributed by atoms with Crippen LogP contribution in [0.2, 0.25) is 0 Å². The van der Waals surface area contributed by atoms with Crippen molar-refractivity contribution < 1.29 is 9.53 Å². The fourth-order valence-corrected chi connectivity index (χ4v) is 1.52. The summed E-state index contributed by atoms with van der Waals surface area (Å²) in [5, 5.41) is 0. The molecule has 1 aromatic rings. The third-order valence-electron chi connectivity index (χ3n) is 2.42. The summed E-state index contributed by atoms with van der Waals surface area (Å²) in [7, 11) is 0. The molecule has 1 heterocycles. The Kier molecular flexibility index (Phi) is 2.86. The zero-order chi connectivity index (χ0) is 11.5. The Morgan fingerprint density at radius 1 is 1.31 bits per heavy atom. The van der Waals surface area contributed by atoms with Gasteiger partial charge in [0.05, 0.1) is 0 Å². The number of ether oxygens (including phenoxy) is 1. The first-order valence-electron chi connectivity index (χ1n) is 5.27. The molecule has 0 aromatic heterocycles. The Bertz CT molecular complexity index is 469. The van der Waals surface area contributed by atoms with E-state index in [1.165, 1.54) is 5.56 Å². The number of aliphatic imine (C=N–C) groups is 1. The predicted molar refractivity (Wildman–Crippen MR) is 63.0 cm³/mol. The first-order chi connectivity index (χ1) is 7.69. The van der Waals surface area contributed by atoms with E-state index in [2.05, 4.69) is 11.9 Å². The maximum Gasteiger partial charge on any atom is 0.363 e.